The van der Waals surface area contributed by atoms with Crippen molar-refractivity contribution < 1.29 is 9.84 Å². The van der Waals surface area contributed by atoms with Crippen LogP contribution < -0.4 is 5.32 Å². The first-order valence-electron chi connectivity index (χ1n) is 10.2. The largest absolute Gasteiger partial charge is 0.494 e. The Balaban J connectivity index is 1.35. The summed E-state index contributed by atoms with van der Waals surface area (Å²) in [6.45, 7) is 7.92. The minimum atomic E-state index is 0.144. The lowest BCUT2D eigenvalue weighted by atomic mass is 10.1. The van der Waals surface area contributed by atoms with Crippen molar-refractivity contribution in [2.24, 2.45) is 4.99 Å². The van der Waals surface area contributed by atoms with Gasteiger partial charge in [-0.2, -0.15) is 0 Å². The molecule has 0 saturated carbocycles. The number of H-pyrrole nitrogens is 1. The molecule has 0 bridgehead atoms. The van der Waals surface area contributed by atoms with Gasteiger partial charge in [0.2, 0.25) is 0 Å². The molecule has 1 fully saturated rings. The molecule has 0 unspecified atom stereocenters. The number of morpholine rings is 1. The molecular weight excluding hydrogens is 364 g/mol. The summed E-state index contributed by atoms with van der Waals surface area (Å²) in [5, 5.41) is 14.6. The van der Waals surface area contributed by atoms with E-state index >= 15 is 0 Å². The monoisotopic (exact) mass is 392 g/mol. The predicted molar refractivity (Wildman–Crippen MR) is 119 cm³/mol. The topological polar surface area (TPSA) is 72.9 Å². The number of aliphatic imine (C=N–C) groups is 1. The van der Waals surface area contributed by atoms with Crippen molar-refractivity contribution in [2.75, 3.05) is 44.7 Å². The Kier molecular flexibility index (Phi) is 6.12. The highest BCUT2D eigenvalue weighted by Crippen LogP contribution is 2.27. The molecule has 6 heteroatoms. The van der Waals surface area contributed by atoms with Gasteiger partial charge in [0.05, 0.1) is 24.5 Å². The van der Waals surface area contributed by atoms with E-state index in [4.69, 9.17) is 4.74 Å². The van der Waals surface area contributed by atoms with E-state index < -0.39 is 0 Å². The number of anilines is 1. The third-order valence-corrected chi connectivity index (χ3v) is 5.35. The van der Waals surface area contributed by atoms with Gasteiger partial charge in [0.25, 0.3) is 0 Å². The van der Waals surface area contributed by atoms with E-state index in [-0.39, 0.29) is 5.88 Å². The van der Waals surface area contributed by atoms with Crippen LogP contribution in [0.1, 0.15) is 17.5 Å². The van der Waals surface area contributed by atoms with E-state index in [1.165, 1.54) is 0 Å². The number of nitrogens with zero attached hydrogens (tertiary/aromatic N) is 2. The number of aromatic nitrogens is 1. The van der Waals surface area contributed by atoms with Gasteiger partial charge in [0.1, 0.15) is 0 Å². The quantitative estimate of drug-likeness (QED) is 0.419. The van der Waals surface area contributed by atoms with Gasteiger partial charge >= 0.3 is 0 Å². The van der Waals surface area contributed by atoms with Crippen molar-refractivity contribution >= 4 is 28.5 Å². The fourth-order valence-corrected chi connectivity index (χ4v) is 3.70. The highest BCUT2D eigenvalue weighted by atomic mass is 16.5. The number of hydrogen-bond donors (Lipinski definition) is 3. The maximum Gasteiger partial charge on any atom is 0.198 e. The summed E-state index contributed by atoms with van der Waals surface area (Å²) >= 11 is 0. The molecule has 4 rings (SSSR count). The van der Waals surface area contributed by atoms with Gasteiger partial charge in [-0.3, -0.25) is 9.89 Å². The maximum absolute atomic E-state index is 10.2. The van der Waals surface area contributed by atoms with Crippen LogP contribution in [0.4, 0.5) is 11.4 Å². The lowest BCUT2D eigenvalue weighted by molar-refractivity contribution is 0.0378. The van der Waals surface area contributed by atoms with Crippen LogP contribution in [0.2, 0.25) is 0 Å². The first-order chi connectivity index (χ1) is 14.2. The minimum Gasteiger partial charge on any atom is -0.494 e. The zero-order valence-electron chi connectivity index (χ0n) is 16.8. The van der Waals surface area contributed by atoms with Crippen molar-refractivity contribution in [1.82, 2.24) is 9.88 Å². The molecule has 1 aromatic heterocycles. The van der Waals surface area contributed by atoms with Crippen LogP contribution in [0.3, 0.4) is 0 Å². The van der Waals surface area contributed by atoms with Gasteiger partial charge in [0, 0.05) is 42.4 Å². The molecule has 2 aromatic carbocycles. The lowest BCUT2D eigenvalue weighted by Gasteiger charge is -2.26. The summed E-state index contributed by atoms with van der Waals surface area (Å²) in [7, 11) is 0. The zero-order chi connectivity index (χ0) is 20.1. The Labute approximate surface area is 171 Å². The van der Waals surface area contributed by atoms with Crippen molar-refractivity contribution in [1.29, 1.82) is 0 Å². The summed E-state index contributed by atoms with van der Waals surface area (Å²) in [5.41, 5.74) is 4.78. The molecule has 0 aliphatic carbocycles. The van der Waals surface area contributed by atoms with Gasteiger partial charge < -0.3 is 20.1 Å². The lowest BCUT2D eigenvalue weighted by Crippen LogP contribution is -2.37. The standard InChI is InChI=1S/C23H28N4O2/c1-17-15-18(25-16-20-19-5-2-3-6-22(19)26-23(20)28)7-8-21(17)24-9-4-10-27-11-13-29-14-12-27/h2-3,5-8,15-16,24,26,28H,4,9-14H2,1H3. The van der Waals surface area contributed by atoms with E-state index in [1.807, 2.05) is 30.3 Å². The van der Waals surface area contributed by atoms with E-state index in [1.54, 1.807) is 6.21 Å². The molecule has 2 heterocycles. The van der Waals surface area contributed by atoms with E-state index in [2.05, 4.69) is 39.2 Å². The normalized spacial score (nSPS) is 15.3. The minimum absolute atomic E-state index is 0.144. The number of nitrogens with one attached hydrogen (secondary N) is 2. The van der Waals surface area contributed by atoms with Crippen LogP contribution in [-0.2, 0) is 4.74 Å². The molecule has 0 atom stereocenters. The molecule has 152 valence electrons. The van der Waals surface area contributed by atoms with Gasteiger partial charge in [-0.1, -0.05) is 18.2 Å². The van der Waals surface area contributed by atoms with Crippen LogP contribution >= 0.6 is 0 Å². The highest BCUT2D eigenvalue weighted by Gasteiger charge is 2.10. The summed E-state index contributed by atoms with van der Waals surface area (Å²) in [6.07, 6.45) is 2.83. The third kappa shape index (κ3) is 4.78. The number of aromatic hydroxyl groups is 1. The predicted octanol–water partition coefficient (Wildman–Crippen LogP) is 4.07. The number of ether oxygens (including phenoxy) is 1. The molecule has 29 heavy (non-hydrogen) atoms. The Morgan fingerprint density at radius 3 is 2.86 bits per heavy atom. The van der Waals surface area contributed by atoms with Gasteiger partial charge in [-0.15, -0.1) is 0 Å². The van der Waals surface area contributed by atoms with E-state index in [0.717, 1.165) is 73.7 Å². The molecule has 1 aliphatic rings. The number of hydrogen-bond acceptors (Lipinski definition) is 5. The second kappa shape index (κ2) is 9.11. The molecule has 1 aliphatic heterocycles. The van der Waals surface area contributed by atoms with Crippen molar-refractivity contribution in [3.05, 3.63) is 53.6 Å². The molecule has 1 saturated heterocycles. The van der Waals surface area contributed by atoms with Crippen molar-refractivity contribution in [3.8, 4) is 5.88 Å². The van der Waals surface area contributed by atoms with Crippen LogP contribution in [0.5, 0.6) is 5.88 Å². The molecule has 0 amide bonds. The Morgan fingerprint density at radius 1 is 1.21 bits per heavy atom. The molecule has 3 aromatic rings. The zero-order valence-corrected chi connectivity index (χ0v) is 16.8. The molecule has 0 spiro atoms. The fraction of sp³-hybridized carbons (Fsp3) is 0.348. The van der Waals surface area contributed by atoms with Gasteiger partial charge in [0.15, 0.2) is 5.88 Å². The number of para-hydroxylation sites is 1. The van der Waals surface area contributed by atoms with Crippen molar-refractivity contribution in [2.45, 2.75) is 13.3 Å². The van der Waals surface area contributed by atoms with E-state index in [0.29, 0.717) is 5.56 Å². The second-order valence-electron chi connectivity index (χ2n) is 7.42. The van der Waals surface area contributed by atoms with Crippen LogP contribution in [-0.4, -0.2) is 60.6 Å². The average Bonchev–Trinajstić information content (AvgIpc) is 3.06. The summed E-state index contributed by atoms with van der Waals surface area (Å²) in [5.74, 6) is 0.144. The van der Waals surface area contributed by atoms with Gasteiger partial charge in [-0.05, 0) is 49.7 Å². The number of rotatable bonds is 7. The summed E-state index contributed by atoms with van der Waals surface area (Å²) < 4.78 is 5.39. The molecule has 6 nitrogen and oxygen atoms in total. The Bertz CT molecular complexity index is 990. The van der Waals surface area contributed by atoms with Crippen LogP contribution in [0.25, 0.3) is 10.9 Å². The molecule has 3 N–H and O–H groups in total. The summed E-state index contributed by atoms with van der Waals surface area (Å²) in [6, 6.07) is 13.9. The van der Waals surface area contributed by atoms with Crippen LogP contribution in [0, 0.1) is 6.92 Å². The maximum atomic E-state index is 10.2. The first-order valence-corrected chi connectivity index (χ1v) is 10.2. The van der Waals surface area contributed by atoms with Crippen LogP contribution in [0.15, 0.2) is 47.5 Å². The second-order valence-corrected chi connectivity index (χ2v) is 7.42. The first kappa shape index (κ1) is 19.5. The number of aromatic amines is 1. The average molecular weight is 393 g/mol. The SMILES string of the molecule is Cc1cc(N=Cc2c(O)[nH]c3ccccc23)ccc1NCCCN1CCOCC1. The number of fused-ring (bicyclic) bond motifs is 1. The fourth-order valence-electron chi connectivity index (χ4n) is 3.70. The highest BCUT2D eigenvalue weighted by molar-refractivity contribution is 6.02. The molecule has 0 radical (unpaired) electrons. The van der Waals surface area contributed by atoms with Crippen molar-refractivity contribution in [3.63, 3.8) is 0 Å². The summed E-state index contributed by atoms with van der Waals surface area (Å²) in [4.78, 5) is 10.0. The van der Waals surface area contributed by atoms with E-state index in [9.17, 15) is 5.11 Å². The molecular formula is C23H28N4O2. The Morgan fingerprint density at radius 2 is 2.03 bits per heavy atom. The van der Waals surface area contributed by atoms with Gasteiger partial charge in [-0.25, -0.2) is 0 Å². The number of benzene rings is 2. The third-order valence-electron chi connectivity index (χ3n) is 5.35. The number of aryl methyl sites for hydroxylation is 1. The smallest absolute Gasteiger partial charge is 0.198 e. The Hall–Kier alpha value is -2.83.